The Labute approximate surface area is 120 Å². The van der Waals surface area contributed by atoms with Gasteiger partial charge in [-0.25, -0.2) is 4.79 Å². The molecule has 0 spiro atoms. The van der Waals surface area contributed by atoms with Crippen molar-refractivity contribution >= 4 is 6.03 Å². The number of ether oxygens (including phenoxy) is 1. The van der Waals surface area contributed by atoms with Gasteiger partial charge in [0, 0.05) is 38.9 Å². The van der Waals surface area contributed by atoms with Crippen LogP contribution in [0.2, 0.25) is 0 Å². The van der Waals surface area contributed by atoms with E-state index >= 15 is 0 Å². The topological polar surface area (TPSA) is 67.6 Å². The quantitative estimate of drug-likeness (QED) is 0.853. The summed E-state index contributed by atoms with van der Waals surface area (Å²) in [7, 11) is 0. The number of nitrogens with one attached hydrogen (secondary N) is 1. The van der Waals surface area contributed by atoms with E-state index in [0.717, 1.165) is 31.6 Å². The maximum atomic E-state index is 12.3. The molecule has 1 aliphatic rings. The molecule has 110 valence electrons. The van der Waals surface area contributed by atoms with Crippen LogP contribution in [0.3, 0.4) is 0 Å². The molecule has 0 radical (unpaired) electrons. The summed E-state index contributed by atoms with van der Waals surface area (Å²) < 4.78 is 5.35. The smallest absolute Gasteiger partial charge is 0.317 e. The molecule has 1 heterocycles. The van der Waals surface area contributed by atoms with Gasteiger partial charge in [0.15, 0.2) is 0 Å². The summed E-state index contributed by atoms with van der Waals surface area (Å²) >= 11 is 0. The third kappa shape index (κ3) is 4.21. The molecule has 5 nitrogen and oxygen atoms in total. The van der Waals surface area contributed by atoms with Gasteiger partial charge in [-0.15, -0.1) is 0 Å². The largest absolute Gasteiger partial charge is 0.381 e. The molecule has 0 saturated carbocycles. The molecule has 1 fully saturated rings. The lowest BCUT2D eigenvalue weighted by molar-refractivity contribution is 0.0466. The molecule has 0 bridgehead atoms. The van der Waals surface area contributed by atoms with Crippen molar-refractivity contribution in [2.75, 3.05) is 26.3 Å². The predicted molar refractivity (Wildman–Crippen MR) is 78.3 cm³/mol. The second kappa shape index (κ2) is 7.87. The van der Waals surface area contributed by atoms with Crippen LogP contribution >= 0.6 is 0 Å². The highest BCUT2D eigenvalue weighted by Crippen LogP contribution is 2.14. The number of hydrogen-bond donors (Lipinski definition) is 2. The van der Waals surface area contributed by atoms with Crippen molar-refractivity contribution in [2.24, 2.45) is 5.73 Å². The van der Waals surface area contributed by atoms with Gasteiger partial charge in [0.05, 0.1) is 0 Å². The lowest BCUT2D eigenvalue weighted by Crippen LogP contribution is -2.49. The number of hydrogen-bond acceptors (Lipinski definition) is 3. The van der Waals surface area contributed by atoms with E-state index in [4.69, 9.17) is 10.5 Å². The van der Waals surface area contributed by atoms with E-state index in [1.54, 1.807) is 0 Å². The number of urea groups is 1. The highest BCUT2D eigenvalue weighted by Gasteiger charge is 2.24. The van der Waals surface area contributed by atoms with Crippen molar-refractivity contribution in [1.82, 2.24) is 10.2 Å². The van der Waals surface area contributed by atoms with Gasteiger partial charge < -0.3 is 20.7 Å². The van der Waals surface area contributed by atoms with Gasteiger partial charge in [-0.1, -0.05) is 30.3 Å². The molecule has 5 heteroatoms. The number of nitrogens with zero attached hydrogens (tertiary/aromatic N) is 1. The van der Waals surface area contributed by atoms with Gasteiger partial charge in [0.2, 0.25) is 0 Å². The minimum atomic E-state index is -0.0359. The zero-order valence-electron chi connectivity index (χ0n) is 11.8. The number of carbonyl (C=O) groups is 1. The summed E-state index contributed by atoms with van der Waals surface area (Å²) in [5.74, 6) is 0. The molecule has 0 atom stereocenters. The maximum Gasteiger partial charge on any atom is 0.317 e. The number of amides is 2. The van der Waals surface area contributed by atoms with E-state index in [1.165, 1.54) is 0 Å². The SMILES string of the molecule is NCCN(C(=O)NCc1ccccc1)C1CCOCC1. The summed E-state index contributed by atoms with van der Waals surface area (Å²) in [5, 5.41) is 2.97. The number of benzene rings is 1. The number of nitrogens with two attached hydrogens (primary N) is 1. The molecule has 0 aliphatic carbocycles. The van der Waals surface area contributed by atoms with Crippen LogP contribution in [-0.2, 0) is 11.3 Å². The Morgan fingerprint density at radius 3 is 2.65 bits per heavy atom. The molecular weight excluding hydrogens is 254 g/mol. The van der Waals surface area contributed by atoms with Crippen molar-refractivity contribution in [3.63, 3.8) is 0 Å². The molecule has 20 heavy (non-hydrogen) atoms. The first-order valence-electron chi connectivity index (χ1n) is 7.17. The van der Waals surface area contributed by atoms with E-state index in [0.29, 0.717) is 19.6 Å². The minimum absolute atomic E-state index is 0.0359. The van der Waals surface area contributed by atoms with Crippen LogP contribution in [0.25, 0.3) is 0 Å². The van der Waals surface area contributed by atoms with Crippen LogP contribution in [0.5, 0.6) is 0 Å². The van der Waals surface area contributed by atoms with Gasteiger partial charge in [-0.05, 0) is 18.4 Å². The van der Waals surface area contributed by atoms with Crippen molar-refractivity contribution in [3.05, 3.63) is 35.9 Å². The summed E-state index contributed by atoms with van der Waals surface area (Å²) in [4.78, 5) is 14.2. The van der Waals surface area contributed by atoms with E-state index in [2.05, 4.69) is 5.32 Å². The average Bonchev–Trinajstić information content (AvgIpc) is 2.52. The predicted octanol–water partition coefficient (Wildman–Crippen LogP) is 1.34. The molecule has 1 aromatic rings. The number of carbonyl (C=O) groups excluding carboxylic acids is 1. The fourth-order valence-electron chi connectivity index (χ4n) is 2.46. The van der Waals surface area contributed by atoms with E-state index in [-0.39, 0.29) is 12.1 Å². The Morgan fingerprint density at radius 1 is 1.30 bits per heavy atom. The lowest BCUT2D eigenvalue weighted by atomic mass is 10.1. The second-order valence-corrected chi connectivity index (χ2v) is 4.97. The van der Waals surface area contributed by atoms with Crippen molar-refractivity contribution < 1.29 is 9.53 Å². The Balaban J connectivity index is 1.89. The van der Waals surface area contributed by atoms with Gasteiger partial charge in [0.1, 0.15) is 0 Å². The third-order valence-electron chi connectivity index (χ3n) is 3.55. The first-order chi connectivity index (χ1) is 9.81. The first-order valence-corrected chi connectivity index (χ1v) is 7.17. The van der Waals surface area contributed by atoms with E-state index < -0.39 is 0 Å². The van der Waals surface area contributed by atoms with Gasteiger partial charge in [0.25, 0.3) is 0 Å². The third-order valence-corrected chi connectivity index (χ3v) is 3.55. The Morgan fingerprint density at radius 2 is 2.00 bits per heavy atom. The van der Waals surface area contributed by atoms with Gasteiger partial charge in [-0.3, -0.25) is 0 Å². The zero-order valence-corrected chi connectivity index (χ0v) is 11.8. The molecule has 1 aromatic carbocycles. The second-order valence-electron chi connectivity index (χ2n) is 4.97. The molecule has 0 aromatic heterocycles. The van der Waals surface area contributed by atoms with Crippen LogP contribution in [0.4, 0.5) is 4.79 Å². The highest BCUT2D eigenvalue weighted by molar-refractivity contribution is 5.74. The number of rotatable bonds is 5. The minimum Gasteiger partial charge on any atom is -0.381 e. The highest BCUT2D eigenvalue weighted by atomic mass is 16.5. The van der Waals surface area contributed by atoms with Crippen LogP contribution in [0.1, 0.15) is 18.4 Å². The Hall–Kier alpha value is -1.59. The van der Waals surface area contributed by atoms with Crippen LogP contribution in [0.15, 0.2) is 30.3 Å². The molecule has 2 rings (SSSR count). The molecule has 0 unspecified atom stereocenters. The van der Waals surface area contributed by atoms with Gasteiger partial charge in [-0.2, -0.15) is 0 Å². The van der Waals surface area contributed by atoms with Crippen molar-refractivity contribution in [2.45, 2.75) is 25.4 Å². The molecule has 3 N–H and O–H groups in total. The lowest BCUT2D eigenvalue weighted by Gasteiger charge is -2.34. The summed E-state index contributed by atoms with van der Waals surface area (Å²) in [5.41, 5.74) is 6.73. The Bertz CT molecular complexity index is 405. The van der Waals surface area contributed by atoms with E-state index in [1.807, 2.05) is 35.2 Å². The van der Waals surface area contributed by atoms with Crippen molar-refractivity contribution in [1.29, 1.82) is 0 Å². The van der Waals surface area contributed by atoms with Crippen LogP contribution in [0, 0.1) is 0 Å². The van der Waals surface area contributed by atoms with Crippen LogP contribution < -0.4 is 11.1 Å². The van der Waals surface area contributed by atoms with Gasteiger partial charge >= 0.3 is 6.03 Å². The summed E-state index contributed by atoms with van der Waals surface area (Å²) in [6.07, 6.45) is 1.78. The van der Waals surface area contributed by atoms with Crippen molar-refractivity contribution in [3.8, 4) is 0 Å². The van der Waals surface area contributed by atoms with E-state index in [9.17, 15) is 4.79 Å². The first kappa shape index (κ1) is 14.8. The normalized spacial score (nSPS) is 15.8. The summed E-state index contributed by atoms with van der Waals surface area (Å²) in [6.45, 7) is 3.06. The fourth-order valence-corrected chi connectivity index (χ4v) is 2.46. The average molecular weight is 277 g/mol. The maximum absolute atomic E-state index is 12.3. The molecule has 1 aliphatic heterocycles. The standard InChI is InChI=1S/C15H23N3O2/c16-8-9-18(14-6-10-20-11-7-14)15(19)17-12-13-4-2-1-3-5-13/h1-5,14H,6-12,16H2,(H,17,19). The van der Waals surface area contributed by atoms with Crippen LogP contribution in [-0.4, -0.2) is 43.3 Å². The zero-order chi connectivity index (χ0) is 14.2. The Kier molecular flexibility index (Phi) is 5.83. The molecular formula is C15H23N3O2. The monoisotopic (exact) mass is 277 g/mol. The fraction of sp³-hybridized carbons (Fsp3) is 0.533. The summed E-state index contributed by atoms with van der Waals surface area (Å²) in [6, 6.07) is 10.1. The molecule has 2 amide bonds. The molecule has 1 saturated heterocycles.